The highest BCUT2D eigenvalue weighted by Crippen LogP contribution is 2.23. The van der Waals surface area contributed by atoms with Gasteiger partial charge in [0.15, 0.2) is 0 Å². The lowest BCUT2D eigenvalue weighted by Crippen LogP contribution is -2.56. The second kappa shape index (κ2) is 11.5. The first-order chi connectivity index (χ1) is 17.9. The predicted octanol–water partition coefficient (Wildman–Crippen LogP) is 4.45. The van der Waals surface area contributed by atoms with Gasteiger partial charge in [0.25, 0.3) is 5.91 Å². The molecule has 37 heavy (non-hydrogen) atoms. The molecule has 3 aromatic rings. The van der Waals surface area contributed by atoms with Crippen LogP contribution in [0, 0.1) is 11.3 Å². The minimum atomic E-state index is -0.683. The van der Waals surface area contributed by atoms with Gasteiger partial charge < -0.3 is 15.0 Å². The maximum Gasteiger partial charge on any atom is 0.254 e. The quantitative estimate of drug-likeness (QED) is 0.497. The van der Waals surface area contributed by atoms with Gasteiger partial charge in [-0.1, -0.05) is 36.7 Å². The molecule has 0 saturated carbocycles. The molecule has 0 saturated heterocycles. The Labute approximate surface area is 220 Å². The standard InChI is InChI=1S/C27H25ClN6O3/c1-3-25(35)33(2)23-16-30-27(34(26(23)36)17-18-7-9-19(28)10-8-18)32-20-11-13-22(14-12-20)37-24-6-4-5-21(15-29)31-24/h4-14,23H,3,16-17H2,1-2H3,(H,30,32). The van der Waals surface area contributed by atoms with Crippen molar-refractivity contribution in [1.29, 1.82) is 5.26 Å². The zero-order valence-electron chi connectivity index (χ0n) is 20.4. The van der Waals surface area contributed by atoms with E-state index in [2.05, 4.69) is 15.3 Å². The number of aromatic nitrogens is 1. The van der Waals surface area contributed by atoms with Crippen LogP contribution in [0.5, 0.6) is 11.6 Å². The number of nitrogens with zero attached hydrogens (tertiary/aromatic N) is 5. The number of likely N-dealkylation sites (N-methyl/N-ethyl adjacent to an activating group) is 1. The molecule has 0 bridgehead atoms. The molecule has 2 aromatic carbocycles. The number of aliphatic imine (C=N–C) groups is 1. The molecule has 1 aliphatic heterocycles. The van der Waals surface area contributed by atoms with Crippen molar-refractivity contribution in [3.63, 3.8) is 0 Å². The number of hydrogen-bond donors (Lipinski definition) is 1. The Morgan fingerprint density at radius 2 is 1.92 bits per heavy atom. The van der Waals surface area contributed by atoms with Crippen molar-refractivity contribution in [2.24, 2.45) is 4.99 Å². The Hall–Kier alpha value is -4.42. The molecule has 10 heteroatoms. The van der Waals surface area contributed by atoms with E-state index < -0.39 is 6.04 Å². The highest BCUT2D eigenvalue weighted by atomic mass is 35.5. The molecule has 0 radical (unpaired) electrons. The summed E-state index contributed by atoms with van der Waals surface area (Å²) < 4.78 is 5.73. The predicted molar refractivity (Wildman–Crippen MR) is 140 cm³/mol. The van der Waals surface area contributed by atoms with E-state index in [1.807, 2.05) is 18.2 Å². The zero-order valence-corrected chi connectivity index (χ0v) is 21.1. The van der Waals surface area contributed by atoms with Crippen molar-refractivity contribution in [3.05, 3.63) is 83.0 Å². The van der Waals surface area contributed by atoms with Crippen molar-refractivity contribution >= 4 is 35.1 Å². The molecule has 9 nitrogen and oxygen atoms in total. The molecule has 1 atom stereocenters. The van der Waals surface area contributed by atoms with Gasteiger partial charge in [-0.2, -0.15) is 5.26 Å². The Balaban J connectivity index is 1.54. The number of guanidine groups is 1. The monoisotopic (exact) mass is 516 g/mol. The normalized spacial score (nSPS) is 15.0. The second-order valence-electron chi connectivity index (χ2n) is 8.31. The number of amides is 2. The van der Waals surface area contributed by atoms with Crippen LogP contribution >= 0.6 is 11.6 Å². The molecule has 0 aliphatic carbocycles. The number of ether oxygens (including phenoxy) is 1. The Bertz CT molecular complexity index is 1350. The Morgan fingerprint density at radius 3 is 2.59 bits per heavy atom. The lowest BCUT2D eigenvalue weighted by molar-refractivity contribution is -0.142. The average molecular weight is 517 g/mol. The van der Waals surface area contributed by atoms with Gasteiger partial charge in [-0.15, -0.1) is 0 Å². The van der Waals surface area contributed by atoms with Crippen LogP contribution in [0.25, 0.3) is 0 Å². The van der Waals surface area contributed by atoms with Crippen molar-refractivity contribution in [2.75, 3.05) is 18.9 Å². The molecule has 1 unspecified atom stereocenters. The first-order valence-corrected chi connectivity index (χ1v) is 12.0. The average Bonchev–Trinajstić information content (AvgIpc) is 2.92. The number of anilines is 1. The molecule has 2 amide bonds. The first kappa shape index (κ1) is 25.7. The van der Waals surface area contributed by atoms with Gasteiger partial charge in [0.2, 0.25) is 17.7 Å². The summed E-state index contributed by atoms with van der Waals surface area (Å²) in [6.45, 7) is 2.18. The minimum Gasteiger partial charge on any atom is -0.439 e. The fourth-order valence-corrected chi connectivity index (χ4v) is 3.88. The number of halogens is 1. The largest absolute Gasteiger partial charge is 0.439 e. The summed E-state index contributed by atoms with van der Waals surface area (Å²) in [6.07, 6.45) is 0.303. The number of benzene rings is 2. The lowest BCUT2D eigenvalue weighted by atomic mass is 10.1. The van der Waals surface area contributed by atoms with Crippen molar-refractivity contribution in [1.82, 2.24) is 14.8 Å². The molecule has 4 rings (SSSR count). The van der Waals surface area contributed by atoms with Crippen LogP contribution in [0.15, 0.2) is 71.7 Å². The van der Waals surface area contributed by atoms with E-state index in [1.54, 1.807) is 73.5 Å². The molecular formula is C27H25ClN6O3. The lowest BCUT2D eigenvalue weighted by Gasteiger charge is -2.36. The summed E-state index contributed by atoms with van der Waals surface area (Å²) in [4.78, 5) is 37.5. The zero-order chi connectivity index (χ0) is 26.4. The third kappa shape index (κ3) is 6.23. The van der Waals surface area contributed by atoms with Gasteiger partial charge in [0, 0.05) is 30.2 Å². The summed E-state index contributed by atoms with van der Waals surface area (Å²) >= 11 is 6.02. The van der Waals surface area contributed by atoms with E-state index in [0.717, 1.165) is 5.56 Å². The molecule has 0 fully saturated rings. The van der Waals surface area contributed by atoms with Crippen LogP contribution in [-0.4, -0.2) is 52.2 Å². The highest BCUT2D eigenvalue weighted by Gasteiger charge is 2.36. The fourth-order valence-electron chi connectivity index (χ4n) is 3.75. The maximum atomic E-state index is 13.5. The molecular weight excluding hydrogens is 492 g/mol. The van der Waals surface area contributed by atoms with E-state index in [9.17, 15) is 9.59 Å². The number of nitrogens with one attached hydrogen (secondary N) is 1. The van der Waals surface area contributed by atoms with Crippen molar-refractivity contribution in [3.8, 4) is 17.7 Å². The topological polar surface area (TPSA) is 111 Å². The van der Waals surface area contributed by atoms with Gasteiger partial charge in [-0.05, 0) is 48.0 Å². The molecule has 1 aliphatic rings. The van der Waals surface area contributed by atoms with Crippen LogP contribution in [0.3, 0.4) is 0 Å². The number of carbonyl (C=O) groups excluding carboxylic acids is 2. The number of carbonyl (C=O) groups is 2. The number of nitriles is 1. The summed E-state index contributed by atoms with van der Waals surface area (Å²) in [5, 5.41) is 12.8. The number of pyridine rings is 1. The maximum absolute atomic E-state index is 13.5. The molecule has 2 heterocycles. The molecule has 188 valence electrons. The molecule has 1 N–H and O–H groups in total. The van der Waals surface area contributed by atoms with Crippen molar-refractivity contribution < 1.29 is 14.3 Å². The second-order valence-corrected chi connectivity index (χ2v) is 8.75. The van der Waals surface area contributed by atoms with Crippen LogP contribution < -0.4 is 10.1 Å². The molecule has 0 spiro atoms. The Kier molecular flexibility index (Phi) is 8.01. The summed E-state index contributed by atoms with van der Waals surface area (Å²) in [6, 6.07) is 20.5. The molecule has 1 aromatic heterocycles. The smallest absolute Gasteiger partial charge is 0.254 e. The van der Waals surface area contributed by atoms with Crippen LogP contribution in [0.1, 0.15) is 24.6 Å². The van der Waals surface area contributed by atoms with Gasteiger partial charge >= 0.3 is 0 Å². The minimum absolute atomic E-state index is 0.123. The fraction of sp³-hybridized carbons (Fsp3) is 0.222. The first-order valence-electron chi connectivity index (χ1n) is 11.7. The third-order valence-electron chi connectivity index (χ3n) is 5.81. The van der Waals surface area contributed by atoms with E-state index in [1.165, 1.54) is 4.90 Å². The van der Waals surface area contributed by atoms with Gasteiger partial charge in [0.1, 0.15) is 23.6 Å². The van der Waals surface area contributed by atoms with Crippen LogP contribution in [-0.2, 0) is 16.1 Å². The van der Waals surface area contributed by atoms with Crippen LogP contribution in [0.2, 0.25) is 5.02 Å². The van der Waals surface area contributed by atoms with E-state index in [-0.39, 0.29) is 30.6 Å². The number of hydrogen-bond acceptors (Lipinski definition) is 7. The summed E-state index contributed by atoms with van der Waals surface area (Å²) in [5.74, 6) is 0.882. The van der Waals surface area contributed by atoms with Gasteiger partial charge in [-0.3, -0.25) is 14.5 Å². The summed E-state index contributed by atoms with van der Waals surface area (Å²) in [7, 11) is 1.63. The van der Waals surface area contributed by atoms with E-state index in [0.29, 0.717) is 34.7 Å². The third-order valence-corrected chi connectivity index (χ3v) is 6.06. The highest BCUT2D eigenvalue weighted by molar-refractivity contribution is 6.30. The van der Waals surface area contributed by atoms with Gasteiger partial charge in [-0.25, -0.2) is 9.98 Å². The van der Waals surface area contributed by atoms with E-state index >= 15 is 0 Å². The number of rotatable bonds is 7. The summed E-state index contributed by atoms with van der Waals surface area (Å²) in [5.41, 5.74) is 1.82. The SMILES string of the molecule is CCC(=O)N(C)C1CN=C(Nc2ccc(Oc3cccc(C#N)n3)cc2)N(Cc2ccc(Cl)cc2)C1=O. The van der Waals surface area contributed by atoms with E-state index in [4.69, 9.17) is 21.6 Å². The van der Waals surface area contributed by atoms with Crippen molar-refractivity contribution in [2.45, 2.75) is 25.9 Å². The Morgan fingerprint density at radius 1 is 1.19 bits per heavy atom. The van der Waals surface area contributed by atoms with Gasteiger partial charge in [0.05, 0.1) is 13.1 Å². The van der Waals surface area contributed by atoms with Crippen LogP contribution in [0.4, 0.5) is 5.69 Å².